The minimum Gasteiger partial charge on any atom is -0.369 e. The van der Waals surface area contributed by atoms with Gasteiger partial charge >= 0.3 is 0 Å². The van der Waals surface area contributed by atoms with E-state index in [1.807, 2.05) is 30.3 Å². The van der Waals surface area contributed by atoms with E-state index in [0.29, 0.717) is 49.7 Å². The SMILES string of the molecule is NC(=O)C1CCN(c2nc3c(c(Nc4ccccc4)n2)C(=O)CCC3)CC1. The number of carbonyl (C=O) groups excluding carboxylic acids is 2. The second-order valence-electron chi connectivity index (χ2n) is 7.13. The number of carbonyl (C=O) groups is 2. The Bertz CT molecular complexity index is 860. The van der Waals surface area contributed by atoms with Gasteiger partial charge in [0, 0.05) is 31.1 Å². The largest absolute Gasteiger partial charge is 0.369 e. The molecule has 2 aliphatic rings. The fraction of sp³-hybridized carbons (Fsp3) is 0.400. The highest BCUT2D eigenvalue weighted by Gasteiger charge is 2.28. The molecule has 1 aliphatic heterocycles. The number of piperidine rings is 1. The average Bonchev–Trinajstić information content (AvgIpc) is 2.68. The zero-order chi connectivity index (χ0) is 18.8. The molecule has 7 nitrogen and oxygen atoms in total. The summed E-state index contributed by atoms with van der Waals surface area (Å²) in [5.41, 5.74) is 7.74. The number of ketones is 1. The number of anilines is 3. The fourth-order valence-corrected chi connectivity index (χ4v) is 3.76. The molecule has 1 aromatic carbocycles. The topological polar surface area (TPSA) is 101 Å². The predicted octanol–water partition coefficient (Wildman–Crippen LogP) is 2.44. The van der Waals surface area contributed by atoms with Gasteiger partial charge in [0.25, 0.3) is 0 Å². The molecule has 1 fully saturated rings. The Kier molecular flexibility index (Phi) is 4.75. The molecule has 27 heavy (non-hydrogen) atoms. The third-order valence-corrected chi connectivity index (χ3v) is 5.29. The van der Waals surface area contributed by atoms with E-state index >= 15 is 0 Å². The van der Waals surface area contributed by atoms with Crippen molar-refractivity contribution < 1.29 is 9.59 Å². The van der Waals surface area contributed by atoms with E-state index in [-0.39, 0.29) is 17.6 Å². The second kappa shape index (κ2) is 7.34. The van der Waals surface area contributed by atoms with Crippen LogP contribution in [0.2, 0.25) is 0 Å². The molecule has 0 atom stereocenters. The molecule has 1 saturated heterocycles. The molecule has 2 heterocycles. The molecular weight excluding hydrogens is 342 g/mol. The van der Waals surface area contributed by atoms with Gasteiger partial charge in [0.05, 0.1) is 11.3 Å². The van der Waals surface area contributed by atoms with Gasteiger partial charge < -0.3 is 16.0 Å². The maximum Gasteiger partial charge on any atom is 0.227 e. The second-order valence-corrected chi connectivity index (χ2v) is 7.13. The van der Waals surface area contributed by atoms with Crippen LogP contribution in [0.5, 0.6) is 0 Å². The summed E-state index contributed by atoms with van der Waals surface area (Å²) in [5.74, 6) is 0.960. The van der Waals surface area contributed by atoms with Gasteiger partial charge in [0.15, 0.2) is 5.78 Å². The molecule has 0 unspecified atom stereocenters. The fourth-order valence-electron chi connectivity index (χ4n) is 3.76. The number of nitrogens with two attached hydrogens (primary N) is 1. The molecule has 0 radical (unpaired) electrons. The molecule has 0 spiro atoms. The number of aryl methyl sites for hydroxylation is 1. The van der Waals surface area contributed by atoms with E-state index in [0.717, 1.165) is 24.2 Å². The van der Waals surface area contributed by atoms with Crippen molar-refractivity contribution in [1.82, 2.24) is 9.97 Å². The number of hydrogen-bond acceptors (Lipinski definition) is 6. The molecule has 1 amide bonds. The molecule has 0 bridgehead atoms. The maximum atomic E-state index is 12.5. The van der Waals surface area contributed by atoms with Gasteiger partial charge in [-0.1, -0.05) is 18.2 Å². The molecule has 0 saturated carbocycles. The van der Waals surface area contributed by atoms with Gasteiger partial charge in [0.2, 0.25) is 11.9 Å². The van der Waals surface area contributed by atoms with Crippen LogP contribution in [0.3, 0.4) is 0 Å². The van der Waals surface area contributed by atoms with E-state index in [9.17, 15) is 9.59 Å². The van der Waals surface area contributed by atoms with Crippen molar-refractivity contribution in [1.29, 1.82) is 0 Å². The number of para-hydroxylation sites is 1. The summed E-state index contributed by atoms with van der Waals surface area (Å²) in [7, 11) is 0. The maximum absolute atomic E-state index is 12.5. The highest BCUT2D eigenvalue weighted by molar-refractivity contribution is 6.03. The van der Waals surface area contributed by atoms with E-state index in [4.69, 9.17) is 15.7 Å². The Hall–Kier alpha value is -2.96. The predicted molar refractivity (Wildman–Crippen MR) is 103 cm³/mol. The van der Waals surface area contributed by atoms with Gasteiger partial charge in [-0.15, -0.1) is 0 Å². The Labute approximate surface area is 158 Å². The minimum absolute atomic E-state index is 0.0811. The molecule has 140 valence electrons. The molecule has 4 rings (SSSR count). The van der Waals surface area contributed by atoms with Crippen LogP contribution in [0.4, 0.5) is 17.5 Å². The Morgan fingerprint density at radius 3 is 2.56 bits per heavy atom. The molecule has 7 heteroatoms. The van der Waals surface area contributed by atoms with Crippen molar-refractivity contribution in [2.75, 3.05) is 23.3 Å². The molecule has 1 aliphatic carbocycles. The van der Waals surface area contributed by atoms with Crippen molar-refractivity contribution in [2.24, 2.45) is 11.7 Å². The van der Waals surface area contributed by atoms with Crippen LogP contribution in [0.15, 0.2) is 30.3 Å². The highest BCUT2D eigenvalue weighted by atomic mass is 16.1. The van der Waals surface area contributed by atoms with E-state index in [1.54, 1.807) is 0 Å². The van der Waals surface area contributed by atoms with Crippen molar-refractivity contribution in [3.63, 3.8) is 0 Å². The Balaban J connectivity index is 1.66. The lowest BCUT2D eigenvalue weighted by molar-refractivity contribution is -0.122. The van der Waals surface area contributed by atoms with E-state index in [1.165, 1.54) is 0 Å². The standard InChI is InChI=1S/C20H23N5O2/c21-18(27)13-9-11-25(12-10-13)20-23-15-7-4-8-16(26)17(15)19(24-20)22-14-5-2-1-3-6-14/h1-3,5-6,13H,4,7-12H2,(H2,21,27)(H,22,23,24). The molecule has 3 N–H and O–H groups in total. The lowest BCUT2D eigenvalue weighted by Gasteiger charge is -2.31. The number of fused-ring (bicyclic) bond motifs is 1. The third-order valence-electron chi connectivity index (χ3n) is 5.29. The summed E-state index contributed by atoms with van der Waals surface area (Å²) in [5, 5.41) is 3.30. The van der Waals surface area contributed by atoms with E-state index < -0.39 is 0 Å². The summed E-state index contributed by atoms with van der Waals surface area (Å²) in [4.78, 5) is 35.4. The van der Waals surface area contributed by atoms with Crippen LogP contribution in [-0.4, -0.2) is 34.7 Å². The summed E-state index contributed by atoms with van der Waals surface area (Å²) in [6.07, 6.45) is 3.53. The number of primary amides is 1. The number of hydrogen-bond donors (Lipinski definition) is 2. The van der Waals surface area contributed by atoms with Crippen molar-refractivity contribution in [3.05, 3.63) is 41.6 Å². The van der Waals surface area contributed by atoms with Gasteiger partial charge in [-0.25, -0.2) is 4.98 Å². The first-order valence-electron chi connectivity index (χ1n) is 9.42. The number of rotatable bonds is 4. The van der Waals surface area contributed by atoms with Gasteiger partial charge in [-0.2, -0.15) is 4.98 Å². The van der Waals surface area contributed by atoms with Crippen LogP contribution in [0.1, 0.15) is 41.7 Å². The molecule has 1 aromatic heterocycles. The molecular formula is C20H23N5O2. The lowest BCUT2D eigenvalue weighted by atomic mass is 9.94. The van der Waals surface area contributed by atoms with E-state index in [2.05, 4.69) is 10.2 Å². The number of aromatic nitrogens is 2. The number of amides is 1. The van der Waals surface area contributed by atoms with Crippen LogP contribution < -0.4 is 16.0 Å². The average molecular weight is 365 g/mol. The summed E-state index contributed by atoms with van der Waals surface area (Å²) in [6, 6.07) is 9.71. The zero-order valence-corrected chi connectivity index (χ0v) is 15.1. The summed E-state index contributed by atoms with van der Waals surface area (Å²) < 4.78 is 0. The van der Waals surface area contributed by atoms with Crippen molar-refractivity contribution >= 4 is 29.1 Å². The number of nitrogens with one attached hydrogen (secondary N) is 1. The summed E-state index contributed by atoms with van der Waals surface area (Å²) in [6.45, 7) is 1.37. The highest BCUT2D eigenvalue weighted by Crippen LogP contribution is 2.31. The van der Waals surface area contributed by atoms with Gasteiger partial charge in [0.1, 0.15) is 5.82 Å². The Morgan fingerprint density at radius 1 is 1.11 bits per heavy atom. The van der Waals surface area contributed by atoms with Crippen LogP contribution >= 0.6 is 0 Å². The minimum atomic E-state index is -0.238. The first kappa shape index (κ1) is 17.5. The monoisotopic (exact) mass is 365 g/mol. The van der Waals surface area contributed by atoms with Crippen LogP contribution in [-0.2, 0) is 11.2 Å². The number of benzene rings is 1. The summed E-state index contributed by atoms with van der Waals surface area (Å²) >= 11 is 0. The first-order valence-corrected chi connectivity index (χ1v) is 9.42. The van der Waals surface area contributed by atoms with Crippen molar-refractivity contribution in [3.8, 4) is 0 Å². The quantitative estimate of drug-likeness (QED) is 0.863. The normalized spacial score (nSPS) is 17.5. The number of nitrogens with zero attached hydrogens (tertiary/aromatic N) is 3. The first-order chi connectivity index (χ1) is 13.1. The van der Waals surface area contributed by atoms with Crippen LogP contribution in [0, 0.1) is 5.92 Å². The molecule has 2 aromatic rings. The van der Waals surface area contributed by atoms with Gasteiger partial charge in [-0.05, 0) is 37.8 Å². The zero-order valence-electron chi connectivity index (χ0n) is 15.1. The lowest BCUT2D eigenvalue weighted by Crippen LogP contribution is -2.39. The number of Topliss-reactive ketones (excluding diaryl/α,β-unsaturated/α-hetero) is 1. The van der Waals surface area contributed by atoms with Gasteiger partial charge in [-0.3, -0.25) is 9.59 Å². The third kappa shape index (κ3) is 3.63. The van der Waals surface area contributed by atoms with Crippen molar-refractivity contribution in [2.45, 2.75) is 32.1 Å². The Morgan fingerprint density at radius 2 is 1.85 bits per heavy atom. The smallest absolute Gasteiger partial charge is 0.227 e. The van der Waals surface area contributed by atoms with Crippen LogP contribution in [0.25, 0.3) is 0 Å².